The molecule has 0 fully saturated rings. The van der Waals surface area contributed by atoms with Crippen LogP contribution in [-0.4, -0.2) is 24.4 Å². The molecule has 1 heterocycles. The zero-order valence-corrected chi connectivity index (χ0v) is 18.7. The van der Waals surface area contributed by atoms with Crippen molar-refractivity contribution < 1.29 is 19.1 Å². The number of aryl methyl sites for hydroxylation is 1. The standard InChI is InChI=1S/C21H18ClIN2O4/c1-3-10-29-21(28)14-6-4-5-7-16(14)25-19(26)17(22)18(20(25)27)24-15-9-8-13(23)11-12(15)2/h4-9,11,24H,3,10H2,1-2H3. The Balaban J connectivity index is 1.94. The van der Waals surface area contributed by atoms with Gasteiger partial charge in [0.05, 0.1) is 17.9 Å². The van der Waals surface area contributed by atoms with Gasteiger partial charge in [0.15, 0.2) is 0 Å². The van der Waals surface area contributed by atoms with Gasteiger partial charge in [0, 0.05) is 9.26 Å². The molecule has 29 heavy (non-hydrogen) atoms. The van der Waals surface area contributed by atoms with Gasteiger partial charge in [-0.15, -0.1) is 0 Å². The van der Waals surface area contributed by atoms with Crippen molar-refractivity contribution in [1.29, 1.82) is 0 Å². The van der Waals surface area contributed by atoms with Crippen molar-refractivity contribution in [3.05, 3.63) is 67.9 Å². The van der Waals surface area contributed by atoms with Crippen LogP contribution in [0.2, 0.25) is 0 Å². The molecule has 6 nitrogen and oxygen atoms in total. The number of hydrogen-bond acceptors (Lipinski definition) is 5. The summed E-state index contributed by atoms with van der Waals surface area (Å²) in [5, 5.41) is 2.73. The Bertz CT molecular complexity index is 1040. The average molecular weight is 525 g/mol. The fourth-order valence-electron chi connectivity index (χ4n) is 2.85. The highest BCUT2D eigenvalue weighted by Crippen LogP contribution is 2.33. The third kappa shape index (κ3) is 4.30. The largest absolute Gasteiger partial charge is 0.462 e. The zero-order valence-electron chi connectivity index (χ0n) is 15.8. The summed E-state index contributed by atoms with van der Waals surface area (Å²) in [6.45, 7) is 4.00. The predicted molar refractivity (Wildman–Crippen MR) is 120 cm³/mol. The van der Waals surface area contributed by atoms with Gasteiger partial charge in [-0.2, -0.15) is 0 Å². The first-order valence-electron chi connectivity index (χ1n) is 8.93. The maximum Gasteiger partial charge on any atom is 0.340 e. The summed E-state index contributed by atoms with van der Waals surface area (Å²) < 4.78 is 6.22. The topological polar surface area (TPSA) is 75.7 Å². The Morgan fingerprint density at radius 1 is 1.17 bits per heavy atom. The van der Waals surface area contributed by atoms with Gasteiger partial charge in [0.1, 0.15) is 10.7 Å². The summed E-state index contributed by atoms with van der Waals surface area (Å²) in [6, 6.07) is 11.9. The number of nitrogens with one attached hydrogen (secondary N) is 1. The second kappa shape index (κ2) is 8.96. The van der Waals surface area contributed by atoms with E-state index in [1.54, 1.807) is 12.1 Å². The molecule has 3 rings (SSSR count). The molecule has 0 radical (unpaired) electrons. The summed E-state index contributed by atoms with van der Waals surface area (Å²) in [4.78, 5) is 39.1. The normalized spacial score (nSPS) is 13.9. The van der Waals surface area contributed by atoms with Crippen molar-refractivity contribution in [2.75, 3.05) is 16.8 Å². The quantitative estimate of drug-likeness (QED) is 0.340. The number of benzene rings is 2. The monoisotopic (exact) mass is 524 g/mol. The Hall–Kier alpha value is -2.39. The number of hydrogen-bond donors (Lipinski definition) is 1. The minimum absolute atomic E-state index is 0.0299. The van der Waals surface area contributed by atoms with Crippen LogP contribution in [0.25, 0.3) is 0 Å². The van der Waals surface area contributed by atoms with E-state index in [0.29, 0.717) is 12.1 Å². The molecule has 1 aliphatic heterocycles. The highest BCUT2D eigenvalue weighted by molar-refractivity contribution is 14.1. The van der Waals surface area contributed by atoms with Crippen molar-refractivity contribution >= 4 is 63.4 Å². The Morgan fingerprint density at radius 2 is 1.90 bits per heavy atom. The van der Waals surface area contributed by atoms with Gasteiger partial charge in [-0.3, -0.25) is 9.59 Å². The summed E-state index contributed by atoms with van der Waals surface area (Å²) in [5.41, 5.74) is 1.79. The maximum absolute atomic E-state index is 13.0. The highest BCUT2D eigenvalue weighted by Gasteiger charge is 2.40. The van der Waals surface area contributed by atoms with Crippen LogP contribution in [0.3, 0.4) is 0 Å². The van der Waals surface area contributed by atoms with Crippen LogP contribution in [0.4, 0.5) is 11.4 Å². The number of ether oxygens (including phenoxy) is 1. The number of carbonyl (C=O) groups excluding carboxylic acids is 3. The first-order valence-corrected chi connectivity index (χ1v) is 10.4. The van der Waals surface area contributed by atoms with Gasteiger partial charge in [0.25, 0.3) is 11.8 Å². The van der Waals surface area contributed by atoms with Crippen molar-refractivity contribution in [3.63, 3.8) is 0 Å². The second-order valence-electron chi connectivity index (χ2n) is 6.37. The predicted octanol–water partition coefficient (Wildman–Crippen LogP) is 4.60. The zero-order chi connectivity index (χ0) is 21.1. The van der Waals surface area contributed by atoms with E-state index in [0.717, 1.165) is 14.0 Å². The molecule has 0 saturated carbocycles. The number of anilines is 2. The number of para-hydroxylation sites is 1. The summed E-state index contributed by atoms with van der Waals surface area (Å²) in [6.07, 6.45) is 0.659. The molecule has 0 aromatic heterocycles. The molecule has 0 aliphatic carbocycles. The van der Waals surface area contributed by atoms with Gasteiger partial charge in [-0.1, -0.05) is 30.7 Å². The van der Waals surface area contributed by atoms with E-state index in [-0.39, 0.29) is 28.6 Å². The molecular weight excluding hydrogens is 507 g/mol. The number of amides is 2. The molecule has 8 heteroatoms. The molecule has 0 spiro atoms. The lowest BCUT2D eigenvalue weighted by molar-refractivity contribution is -0.120. The summed E-state index contributed by atoms with van der Waals surface area (Å²) in [7, 11) is 0. The lowest BCUT2D eigenvalue weighted by atomic mass is 10.1. The van der Waals surface area contributed by atoms with Gasteiger partial charge in [-0.05, 0) is 71.8 Å². The first-order chi connectivity index (χ1) is 13.8. The van der Waals surface area contributed by atoms with Crippen molar-refractivity contribution in [3.8, 4) is 0 Å². The molecular formula is C21H18ClIN2O4. The third-order valence-electron chi connectivity index (χ3n) is 4.28. The third-order valence-corrected chi connectivity index (χ3v) is 5.30. The van der Waals surface area contributed by atoms with E-state index in [4.69, 9.17) is 16.3 Å². The smallest absolute Gasteiger partial charge is 0.340 e. The number of rotatable bonds is 6. The molecule has 0 unspecified atom stereocenters. The van der Waals surface area contributed by atoms with Crippen LogP contribution < -0.4 is 10.2 Å². The second-order valence-corrected chi connectivity index (χ2v) is 8.00. The lowest BCUT2D eigenvalue weighted by Crippen LogP contribution is -2.33. The number of nitrogens with zero attached hydrogens (tertiary/aromatic N) is 1. The molecule has 0 saturated heterocycles. The highest BCUT2D eigenvalue weighted by atomic mass is 127. The fourth-order valence-corrected chi connectivity index (χ4v) is 3.71. The van der Waals surface area contributed by atoms with Gasteiger partial charge < -0.3 is 10.1 Å². The van der Waals surface area contributed by atoms with Gasteiger partial charge >= 0.3 is 5.97 Å². The van der Waals surface area contributed by atoms with Crippen molar-refractivity contribution in [2.24, 2.45) is 0 Å². The number of esters is 1. The van der Waals surface area contributed by atoms with Crippen LogP contribution in [0, 0.1) is 10.5 Å². The SMILES string of the molecule is CCCOC(=O)c1ccccc1N1C(=O)C(Cl)=C(Nc2ccc(I)cc2C)C1=O. The maximum atomic E-state index is 13.0. The van der Waals surface area contributed by atoms with E-state index in [1.165, 1.54) is 12.1 Å². The molecule has 0 atom stereocenters. The van der Waals surface area contributed by atoms with Crippen LogP contribution in [0.1, 0.15) is 29.3 Å². The molecule has 2 aromatic rings. The van der Waals surface area contributed by atoms with E-state index < -0.39 is 17.8 Å². The lowest BCUT2D eigenvalue weighted by Gasteiger charge is -2.18. The average Bonchev–Trinajstić information content (AvgIpc) is 2.91. The van der Waals surface area contributed by atoms with Crippen molar-refractivity contribution in [1.82, 2.24) is 0 Å². The fraction of sp³-hybridized carbons (Fsp3) is 0.190. The minimum Gasteiger partial charge on any atom is -0.462 e. The van der Waals surface area contributed by atoms with Crippen LogP contribution in [-0.2, 0) is 14.3 Å². The van der Waals surface area contributed by atoms with Gasteiger partial charge in [-0.25, -0.2) is 9.69 Å². The van der Waals surface area contributed by atoms with Crippen LogP contribution in [0.15, 0.2) is 53.2 Å². The van der Waals surface area contributed by atoms with E-state index in [9.17, 15) is 14.4 Å². The Kier molecular flexibility index (Phi) is 6.59. The summed E-state index contributed by atoms with van der Waals surface area (Å²) >= 11 is 8.39. The number of carbonyl (C=O) groups is 3. The first kappa shape index (κ1) is 21.3. The number of halogens is 2. The Morgan fingerprint density at radius 3 is 2.59 bits per heavy atom. The van der Waals surface area contributed by atoms with Gasteiger partial charge in [0.2, 0.25) is 0 Å². The molecule has 2 aromatic carbocycles. The molecule has 150 valence electrons. The van der Waals surface area contributed by atoms with Crippen LogP contribution >= 0.6 is 34.2 Å². The van der Waals surface area contributed by atoms with E-state index >= 15 is 0 Å². The minimum atomic E-state index is -0.696. The van der Waals surface area contributed by atoms with Crippen molar-refractivity contribution in [2.45, 2.75) is 20.3 Å². The van der Waals surface area contributed by atoms with Crippen LogP contribution in [0.5, 0.6) is 0 Å². The number of imide groups is 1. The van der Waals surface area contributed by atoms with E-state index in [2.05, 4.69) is 27.9 Å². The molecule has 2 amide bonds. The molecule has 1 aliphatic rings. The molecule has 0 bridgehead atoms. The van der Waals surface area contributed by atoms with E-state index in [1.807, 2.05) is 32.0 Å². The summed E-state index contributed by atoms with van der Waals surface area (Å²) in [5.74, 6) is -1.93. The Labute approximate surface area is 187 Å². The molecule has 1 N–H and O–H groups in total.